The lowest BCUT2D eigenvalue weighted by Crippen LogP contribution is -2.53. The highest BCUT2D eigenvalue weighted by atomic mass is 16.5. The lowest BCUT2D eigenvalue weighted by atomic mass is 10.1. The fraction of sp³-hybridized carbons (Fsp3) is 0.833. The van der Waals surface area contributed by atoms with E-state index in [4.69, 9.17) is 4.74 Å². The summed E-state index contributed by atoms with van der Waals surface area (Å²) in [6, 6.07) is 0.991. The van der Waals surface area contributed by atoms with Gasteiger partial charge in [0, 0.05) is 12.6 Å². The van der Waals surface area contributed by atoms with E-state index in [0.29, 0.717) is 12.1 Å². The molecule has 0 aromatic heterocycles. The van der Waals surface area contributed by atoms with E-state index in [1.807, 2.05) is 6.08 Å². The van der Waals surface area contributed by atoms with Crippen molar-refractivity contribution in [3.05, 3.63) is 12.7 Å². The van der Waals surface area contributed by atoms with Crippen molar-refractivity contribution in [3.8, 4) is 0 Å². The van der Waals surface area contributed by atoms with Gasteiger partial charge < -0.3 is 10.1 Å². The molecule has 86 valence electrons. The third-order valence-electron chi connectivity index (χ3n) is 3.51. The average molecular weight is 210 g/mol. The first-order chi connectivity index (χ1) is 7.35. The van der Waals surface area contributed by atoms with Crippen LogP contribution in [0.15, 0.2) is 12.7 Å². The maximum absolute atomic E-state index is 5.92. The monoisotopic (exact) mass is 210 g/mol. The number of nitrogens with zero attached hydrogens (tertiary/aromatic N) is 1. The number of hydrogen-bond acceptors (Lipinski definition) is 3. The molecule has 0 aromatic rings. The van der Waals surface area contributed by atoms with E-state index >= 15 is 0 Å². The Morgan fingerprint density at radius 3 is 3.27 bits per heavy atom. The van der Waals surface area contributed by atoms with E-state index in [9.17, 15) is 0 Å². The highest BCUT2D eigenvalue weighted by Gasteiger charge is 2.34. The molecule has 0 bridgehead atoms. The number of hydrogen-bond donors (Lipinski definition) is 1. The second-order valence-corrected chi connectivity index (χ2v) is 4.48. The van der Waals surface area contributed by atoms with Crippen LogP contribution in [0.2, 0.25) is 0 Å². The molecule has 3 unspecified atom stereocenters. The summed E-state index contributed by atoms with van der Waals surface area (Å²) < 4.78 is 5.92. The Balaban J connectivity index is 1.90. The molecule has 0 spiro atoms. The van der Waals surface area contributed by atoms with Gasteiger partial charge in [0.15, 0.2) is 0 Å². The van der Waals surface area contributed by atoms with Crippen molar-refractivity contribution in [2.75, 3.05) is 26.2 Å². The molecular formula is C12H22N2O. The van der Waals surface area contributed by atoms with E-state index in [2.05, 4.69) is 23.7 Å². The number of ether oxygens (including phenoxy) is 1. The van der Waals surface area contributed by atoms with Gasteiger partial charge in [-0.05, 0) is 25.9 Å². The predicted octanol–water partition coefficient (Wildman–Crippen LogP) is 1.01. The minimum atomic E-state index is 0.289. The Hall–Kier alpha value is -0.380. The van der Waals surface area contributed by atoms with Crippen molar-refractivity contribution in [1.29, 1.82) is 0 Å². The smallest absolute Gasteiger partial charge is 0.0891 e. The predicted molar refractivity (Wildman–Crippen MR) is 62.0 cm³/mol. The summed E-state index contributed by atoms with van der Waals surface area (Å²) in [7, 11) is 0. The van der Waals surface area contributed by atoms with Gasteiger partial charge in [-0.1, -0.05) is 13.0 Å². The molecular weight excluding hydrogens is 188 g/mol. The van der Waals surface area contributed by atoms with Crippen LogP contribution in [0.25, 0.3) is 0 Å². The van der Waals surface area contributed by atoms with Crippen LogP contribution in [-0.2, 0) is 4.74 Å². The Labute approximate surface area is 92.5 Å². The van der Waals surface area contributed by atoms with Crippen LogP contribution in [-0.4, -0.2) is 49.3 Å². The van der Waals surface area contributed by atoms with E-state index < -0.39 is 0 Å². The van der Waals surface area contributed by atoms with Gasteiger partial charge in [0.25, 0.3) is 0 Å². The second kappa shape index (κ2) is 5.10. The fourth-order valence-corrected chi connectivity index (χ4v) is 2.66. The number of fused-ring (bicyclic) bond motifs is 1. The summed E-state index contributed by atoms with van der Waals surface area (Å²) in [4.78, 5) is 2.57. The quantitative estimate of drug-likeness (QED) is 0.701. The molecule has 0 aliphatic carbocycles. The highest BCUT2D eigenvalue weighted by molar-refractivity contribution is 4.97. The molecule has 2 heterocycles. The molecule has 2 saturated heterocycles. The van der Waals surface area contributed by atoms with Gasteiger partial charge in [-0.15, -0.1) is 6.58 Å². The van der Waals surface area contributed by atoms with E-state index in [-0.39, 0.29) is 6.10 Å². The largest absolute Gasteiger partial charge is 0.373 e. The van der Waals surface area contributed by atoms with Crippen molar-refractivity contribution < 1.29 is 4.74 Å². The molecule has 3 heteroatoms. The molecule has 0 saturated carbocycles. The molecule has 3 nitrogen and oxygen atoms in total. The molecule has 1 N–H and O–H groups in total. The van der Waals surface area contributed by atoms with Gasteiger partial charge in [-0.2, -0.15) is 0 Å². The number of likely N-dealkylation sites (N-methyl/N-ethyl adjacent to an activating group) is 1. The average Bonchev–Trinajstić information content (AvgIpc) is 2.72. The maximum atomic E-state index is 5.92. The van der Waals surface area contributed by atoms with Gasteiger partial charge in [0.1, 0.15) is 0 Å². The van der Waals surface area contributed by atoms with Crippen LogP contribution >= 0.6 is 0 Å². The van der Waals surface area contributed by atoms with E-state index in [1.54, 1.807) is 0 Å². The van der Waals surface area contributed by atoms with Crippen molar-refractivity contribution in [1.82, 2.24) is 10.2 Å². The molecule has 15 heavy (non-hydrogen) atoms. The zero-order valence-corrected chi connectivity index (χ0v) is 9.61. The Morgan fingerprint density at radius 1 is 1.67 bits per heavy atom. The van der Waals surface area contributed by atoms with Crippen LogP contribution in [0.3, 0.4) is 0 Å². The van der Waals surface area contributed by atoms with Crippen LogP contribution in [0.4, 0.5) is 0 Å². The first kappa shape index (κ1) is 11.1. The minimum Gasteiger partial charge on any atom is -0.373 e. The summed E-state index contributed by atoms with van der Waals surface area (Å²) >= 11 is 0. The summed E-state index contributed by atoms with van der Waals surface area (Å²) in [6.07, 6.45) is 4.91. The second-order valence-electron chi connectivity index (χ2n) is 4.48. The zero-order chi connectivity index (χ0) is 10.7. The molecule has 2 aliphatic rings. The normalized spacial score (nSPS) is 33.7. The van der Waals surface area contributed by atoms with Gasteiger partial charge in [0.05, 0.1) is 18.8 Å². The van der Waals surface area contributed by atoms with Crippen LogP contribution < -0.4 is 5.32 Å². The lowest BCUT2D eigenvalue weighted by molar-refractivity contribution is -0.0573. The fourth-order valence-electron chi connectivity index (χ4n) is 2.66. The van der Waals surface area contributed by atoms with E-state index in [0.717, 1.165) is 19.7 Å². The van der Waals surface area contributed by atoms with Gasteiger partial charge in [-0.3, -0.25) is 4.90 Å². The molecule has 2 aliphatic heterocycles. The van der Waals surface area contributed by atoms with Crippen molar-refractivity contribution in [2.45, 2.75) is 38.0 Å². The van der Waals surface area contributed by atoms with Gasteiger partial charge >= 0.3 is 0 Å². The summed E-state index contributed by atoms with van der Waals surface area (Å²) in [5, 5.41) is 3.41. The van der Waals surface area contributed by atoms with Gasteiger partial charge in [0.2, 0.25) is 0 Å². The molecule has 3 atom stereocenters. The highest BCUT2D eigenvalue weighted by Crippen LogP contribution is 2.23. The first-order valence-electron chi connectivity index (χ1n) is 6.06. The SMILES string of the molecule is C=CC(NCC)C1CN2CCCC2CO1. The summed E-state index contributed by atoms with van der Waals surface area (Å²) in [5.41, 5.74) is 0. The van der Waals surface area contributed by atoms with Crippen molar-refractivity contribution in [2.24, 2.45) is 0 Å². The van der Waals surface area contributed by atoms with Gasteiger partial charge in [-0.25, -0.2) is 0 Å². The molecule has 0 radical (unpaired) electrons. The number of morpholine rings is 1. The third kappa shape index (κ3) is 2.41. The summed E-state index contributed by atoms with van der Waals surface area (Å²) in [6.45, 7) is 10.2. The third-order valence-corrected chi connectivity index (χ3v) is 3.51. The standard InChI is InChI=1S/C12H22N2O/c1-3-11(13-4-2)12-8-14-7-5-6-10(14)9-15-12/h3,10-13H,1,4-9H2,2H3. The molecule has 2 fully saturated rings. The molecule has 2 rings (SSSR count). The topological polar surface area (TPSA) is 24.5 Å². The van der Waals surface area contributed by atoms with Crippen LogP contribution in [0.1, 0.15) is 19.8 Å². The number of rotatable bonds is 4. The Bertz CT molecular complexity index is 220. The van der Waals surface area contributed by atoms with Crippen LogP contribution in [0.5, 0.6) is 0 Å². The Morgan fingerprint density at radius 2 is 2.53 bits per heavy atom. The Kier molecular flexibility index (Phi) is 3.78. The van der Waals surface area contributed by atoms with E-state index in [1.165, 1.54) is 19.4 Å². The first-order valence-corrected chi connectivity index (χ1v) is 6.06. The van der Waals surface area contributed by atoms with Crippen molar-refractivity contribution >= 4 is 0 Å². The maximum Gasteiger partial charge on any atom is 0.0891 e. The summed E-state index contributed by atoms with van der Waals surface area (Å²) in [5.74, 6) is 0. The zero-order valence-electron chi connectivity index (χ0n) is 9.61. The molecule has 0 amide bonds. The number of nitrogens with one attached hydrogen (secondary N) is 1. The minimum absolute atomic E-state index is 0.289. The lowest BCUT2D eigenvalue weighted by Gasteiger charge is -2.38. The van der Waals surface area contributed by atoms with Crippen molar-refractivity contribution in [3.63, 3.8) is 0 Å². The van der Waals surface area contributed by atoms with Crippen LogP contribution in [0, 0.1) is 0 Å². The molecule has 0 aromatic carbocycles.